The molecule has 1 N–H and O–H groups in total. The molecule has 0 amide bonds. The topological polar surface area (TPSA) is 53.5 Å². The first-order valence-corrected chi connectivity index (χ1v) is 15.0. The zero-order valence-corrected chi connectivity index (χ0v) is 26.1. The highest BCUT2D eigenvalue weighted by Gasteiger charge is 2.28. The van der Waals surface area contributed by atoms with Gasteiger partial charge in [-0.3, -0.25) is 4.90 Å². The smallest absolute Gasteiger partial charge is 0.227 e. The van der Waals surface area contributed by atoms with E-state index >= 15 is 0 Å². The summed E-state index contributed by atoms with van der Waals surface area (Å²) in [4.78, 5) is 14.7. The summed E-state index contributed by atoms with van der Waals surface area (Å²) < 4.78 is 5.22. The number of ether oxygens (including phenoxy) is 1. The lowest BCUT2D eigenvalue weighted by molar-refractivity contribution is 0.0976. The Morgan fingerprint density at radius 3 is 2.48 bits per heavy atom. The van der Waals surface area contributed by atoms with Crippen molar-refractivity contribution in [3.63, 3.8) is 0 Å². The molecular formula is C33H36Cl3N5O. The van der Waals surface area contributed by atoms with E-state index in [1.807, 2.05) is 18.3 Å². The number of aromatic nitrogens is 2. The van der Waals surface area contributed by atoms with Gasteiger partial charge in [-0.15, -0.1) is 12.4 Å². The Labute approximate surface area is 264 Å². The van der Waals surface area contributed by atoms with E-state index in [2.05, 4.69) is 69.7 Å². The predicted octanol–water partition coefficient (Wildman–Crippen LogP) is 7.11. The Kier molecular flexibility index (Phi) is 10.4. The lowest BCUT2D eigenvalue weighted by Crippen LogP contribution is -2.47. The van der Waals surface area contributed by atoms with Crippen LogP contribution in [0.5, 0.6) is 0 Å². The second kappa shape index (κ2) is 14.2. The SMILES string of the molecule is COCCN1CCN(CCc2cccc(Nc3ncc4c(n3)-c3ccccc3[C@H](c3ccc(Cl)c(Cl)c3)C4)c2)CC1.Cl. The number of halogens is 3. The van der Waals surface area contributed by atoms with Crippen LogP contribution in [-0.2, 0) is 17.6 Å². The first-order valence-electron chi connectivity index (χ1n) is 14.3. The highest BCUT2D eigenvalue weighted by atomic mass is 35.5. The van der Waals surface area contributed by atoms with Gasteiger partial charge in [-0.2, -0.15) is 0 Å². The third-order valence-corrected chi connectivity index (χ3v) is 8.94. The van der Waals surface area contributed by atoms with Crippen LogP contribution in [-0.4, -0.2) is 72.8 Å². The lowest BCUT2D eigenvalue weighted by Gasteiger charge is -2.34. The molecule has 6 rings (SSSR count). The summed E-state index contributed by atoms with van der Waals surface area (Å²) in [6.45, 7) is 7.32. The van der Waals surface area contributed by atoms with Gasteiger partial charge in [0.2, 0.25) is 5.95 Å². The third-order valence-electron chi connectivity index (χ3n) is 8.20. The molecule has 0 unspecified atom stereocenters. The molecule has 0 bridgehead atoms. The van der Waals surface area contributed by atoms with Crippen molar-refractivity contribution in [3.8, 4) is 11.3 Å². The Hall–Kier alpha value is -2.71. The van der Waals surface area contributed by atoms with Crippen LogP contribution in [0.25, 0.3) is 11.3 Å². The van der Waals surface area contributed by atoms with Crippen LogP contribution in [0.4, 0.5) is 11.6 Å². The average molecular weight is 625 g/mol. The van der Waals surface area contributed by atoms with Crippen molar-refractivity contribution in [2.75, 3.05) is 58.3 Å². The van der Waals surface area contributed by atoms with E-state index in [0.29, 0.717) is 16.0 Å². The maximum Gasteiger partial charge on any atom is 0.227 e. The number of piperazine rings is 1. The minimum Gasteiger partial charge on any atom is -0.383 e. The largest absolute Gasteiger partial charge is 0.383 e. The number of benzene rings is 3. The Balaban J connectivity index is 0.00000353. The van der Waals surface area contributed by atoms with E-state index in [1.165, 1.54) is 11.1 Å². The highest BCUT2D eigenvalue weighted by Crippen LogP contribution is 2.43. The minimum absolute atomic E-state index is 0. The van der Waals surface area contributed by atoms with Crippen molar-refractivity contribution in [1.82, 2.24) is 19.8 Å². The molecule has 2 aliphatic rings. The van der Waals surface area contributed by atoms with Gasteiger partial charge >= 0.3 is 0 Å². The molecule has 0 saturated carbocycles. The minimum atomic E-state index is 0. The number of hydrogen-bond acceptors (Lipinski definition) is 6. The quantitative estimate of drug-likeness (QED) is 0.214. The molecule has 2 heterocycles. The fraction of sp³-hybridized carbons (Fsp3) is 0.333. The molecule has 1 aromatic heterocycles. The molecule has 1 saturated heterocycles. The first kappa shape index (κ1) is 30.7. The normalized spacial score (nSPS) is 16.8. The van der Waals surface area contributed by atoms with Gasteiger partial charge in [-0.25, -0.2) is 9.97 Å². The van der Waals surface area contributed by atoms with Crippen molar-refractivity contribution in [3.05, 3.63) is 105 Å². The summed E-state index contributed by atoms with van der Waals surface area (Å²) in [6.07, 6.45) is 3.78. The second-order valence-corrected chi connectivity index (χ2v) is 11.7. The maximum atomic E-state index is 6.38. The van der Waals surface area contributed by atoms with Gasteiger partial charge in [-0.05, 0) is 59.4 Å². The number of rotatable bonds is 9. The second-order valence-electron chi connectivity index (χ2n) is 10.8. The number of anilines is 2. The molecule has 1 fully saturated rings. The van der Waals surface area contributed by atoms with Crippen LogP contribution >= 0.6 is 35.6 Å². The highest BCUT2D eigenvalue weighted by molar-refractivity contribution is 6.42. The number of methoxy groups -OCH3 is 1. The summed E-state index contributed by atoms with van der Waals surface area (Å²) in [5, 5.41) is 4.60. The summed E-state index contributed by atoms with van der Waals surface area (Å²) in [5.41, 5.74) is 7.94. The van der Waals surface area contributed by atoms with Crippen LogP contribution in [0, 0.1) is 0 Å². The van der Waals surface area contributed by atoms with E-state index in [-0.39, 0.29) is 18.3 Å². The fourth-order valence-corrected chi connectivity index (χ4v) is 6.21. The number of hydrogen-bond donors (Lipinski definition) is 1. The van der Waals surface area contributed by atoms with E-state index in [4.69, 9.17) is 37.9 Å². The maximum absolute atomic E-state index is 6.38. The molecule has 6 nitrogen and oxygen atoms in total. The van der Waals surface area contributed by atoms with Crippen molar-refractivity contribution >= 4 is 47.2 Å². The van der Waals surface area contributed by atoms with Gasteiger partial charge in [0.1, 0.15) is 0 Å². The first-order chi connectivity index (χ1) is 20.1. The third kappa shape index (κ3) is 7.08. The van der Waals surface area contributed by atoms with Gasteiger partial charge in [0.25, 0.3) is 0 Å². The molecule has 4 aromatic rings. The van der Waals surface area contributed by atoms with Crippen LogP contribution in [0.2, 0.25) is 10.0 Å². The van der Waals surface area contributed by atoms with Crippen molar-refractivity contribution in [1.29, 1.82) is 0 Å². The van der Waals surface area contributed by atoms with Crippen LogP contribution in [0.3, 0.4) is 0 Å². The monoisotopic (exact) mass is 623 g/mol. The van der Waals surface area contributed by atoms with E-state index in [0.717, 1.165) is 86.8 Å². The molecule has 220 valence electrons. The van der Waals surface area contributed by atoms with E-state index in [9.17, 15) is 0 Å². The zero-order chi connectivity index (χ0) is 28.2. The fourth-order valence-electron chi connectivity index (χ4n) is 5.90. The standard InChI is InChI=1S/C33H35Cl2N5O.ClH/c1-41-18-17-40-15-13-39(14-16-40)12-11-23-5-4-6-26(19-23)37-33-36-22-25-20-29(24-9-10-30(34)31(35)21-24)27-7-2-3-8-28(27)32(25)38-33;/h2-10,19,21-22,29H,11-18,20H2,1H3,(H,36,37,38);1H/t29-;/m0./s1. The molecule has 3 aromatic carbocycles. The average Bonchev–Trinajstić information content (AvgIpc) is 3.01. The van der Waals surface area contributed by atoms with Crippen LogP contribution < -0.4 is 5.32 Å². The van der Waals surface area contributed by atoms with Gasteiger partial charge in [0.15, 0.2) is 0 Å². The van der Waals surface area contributed by atoms with E-state index < -0.39 is 0 Å². The van der Waals surface area contributed by atoms with Gasteiger partial charge in [0.05, 0.1) is 22.3 Å². The van der Waals surface area contributed by atoms with Crippen molar-refractivity contribution in [2.45, 2.75) is 18.8 Å². The number of fused-ring (bicyclic) bond motifs is 3. The molecule has 1 aliphatic carbocycles. The van der Waals surface area contributed by atoms with Crippen molar-refractivity contribution in [2.24, 2.45) is 0 Å². The molecule has 9 heteroatoms. The zero-order valence-electron chi connectivity index (χ0n) is 23.7. The summed E-state index contributed by atoms with van der Waals surface area (Å²) in [5.74, 6) is 0.775. The molecule has 42 heavy (non-hydrogen) atoms. The molecule has 1 aliphatic heterocycles. The van der Waals surface area contributed by atoms with Crippen LogP contribution in [0.15, 0.2) is 72.9 Å². The Morgan fingerprint density at radius 1 is 0.905 bits per heavy atom. The summed E-state index contributed by atoms with van der Waals surface area (Å²) >= 11 is 12.6. The van der Waals surface area contributed by atoms with Gasteiger partial charge in [0, 0.05) is 69.7 Å². The molecule has 0 spiro atoms. The summed E-state index contributed by atoms with van der Waals surface area (Å²) in [6, 6.07) is 23.0. The molecule has 1 atom stereocenters. The molecule has 0 radical (unpaired) electrons. The summed E-state index contributed by atoms with van der Waals surface area (Å²) in [7, 11) is 1.77. The lowest BCUT2D eigenvalue weighted by atomic mass is 9.78. The Morgan fingerprint density at radius 2 is 1.69 bits per heavy atom. The Bertz CT molecular complexity index is 1510. The van der Waals surface area contributed by atoms with Crippen LogP contribution in [0.1, 0.15) is 28.2 Å². The predicted molar refractivity (Wildman–Crippen MR) is 175 cm³/mol. The van der Waals surface area contributed by atoms with E-state index in [1.54, 1.807) is 7.11 Å². The molecular weight excluding hydrogens is 589 g/mol. The van der Waals surface area contributed by atoms with Gasteiger partial charge in [-0.1, -0.05) is 65.7 Å². The van der Waals surface area contributed by atoms with Gasteiger partial charge < -0.3 is 15.0 Å². The van der Waals surface area contributed by atoms with Crippen molar-refractivity contribution < 1.29 is 4.74 Å². The number of nitrogens with one attached hydrogen (secondary N) is 1. The number of nitrogens with zero attached hydrogens (tertiary/aromatic N) is 4.